The molecule has 6 heteroatoms. The Morgan fingerprint density at radius 1 is 1.21 bits per heavy atom. The first-order valence-corrected chi connectivity index (χ1v) is 9.81. The molecule has 5 nitrogen and oxygen atoms in total. The molecular weight excluding hydrogens is 359 g/mol. The normalized spacial score (nSPS) is 20.3. The summed E-state index contributed by atoms with van der Waals surface area (Å²) in [5, 5.41) is 5.17. The number of hydrogen-bond acceptors (Lipinski definition) is 5. The van der Waals surface area contributed by atoms with Crippen molar-refractivity contribution in [3.63, 3.8) is 0 Å². The average molecular weight is 382 g/mol. The molecule has 0 amide bonds. The number of rotatable bonds is 4. The van der Waals surface area contributed by atoms with Crippen LogP contribution >= 0.6 is 0 Å². The van der Waals surface area contributed by atoms with Crippen molar-refractivity contribution >= 4 is 11.0 Å². The van der Waals surface area contributed by atoms with Crippen molar-refractivity contribution in [2.24, 2.45) is 0 Å². The summed E-state index contributed by atoms with van der Waals surface area (Å²) in [7, 11) is 1.68. The van der Waals surface area contributed by atoms with E-state index in [0.717, 1.165) is 61.5 Å². The Morgan fingerprint density at radius 3 is 2.89 bits per heavy atom. The second kappa shape index (κ2) is 7.09. The van der Waals surface area contributed by atoms with Gasteiger partial charge in [0.05, 0.1) is 12.8 Å². The van der Waals surface area contributed by atoms with Crippen LogP contribution in [-0.2, 0) is 6.42 Å². The number of para-hydroxylation sites is 1. The Labute approximate surface area is 163 Å². The first kappa shape index (κ1) is 17.5. The summed E-state index contributed by atoms with van der Waals surface area (Å²) in [6, 6.07) is 10.7. The van der Waals surface area contributed by atoms with Gasteiger partial charge in [-0.3, -0.25) is 4.90 Å². The zero-order chi connectivity index (χ0) is 19.1. The minimum absolute atomic E-state index is 0.165. The molecule has 3 aromatic rings. The van der Waals surface area contributed by atoms with Gasteiger partial charge in [0.25, 0.3) is 0 Å². The van der Waals surface area contributed by atoms with E-state index in [0.29, 0.717) is 11.5 Å². The third-order valence-corrected chi connectivity index (χ3v) is 5.91. The van der Waals surface area contributed by atoms with Crippen LogP contribution in [0.5, 0.6) is 11.5 Å². The summed E-state index contributed by atoms with van der Waals surface area (Å²) in [6.45, 7) is 2.90. The maximum absolute atomic E-state index is 13.4. The van der Waals surface area contributed by atoms with Gasteiger partial charge >= 0.3 is 0 Å². The number of halogens is 1. The van der Waals surface area contributed by atoms with Gasteiger partial charge in [0.1, 0.15) is 11.9 Å². The first-order valence-electron chi connectivity index (χ1n) is 9.81. The third-order valence-electron chi connectivity index (χ3n) is 5.91. The lowest BCUT2D eigenvalue weighted by atomic mass is 9.91. The van der Waals surface area contributed by atoms with E-state index in [2.05, 4.69) is 16.1 Å². The summed E-state index contributed by atoms with van der Waals surface area (Å²) < 4.78 is 30.3. The van der Waals surface area contributed by atoms with Crippen LogP contribution in [0.3, 0.4) is 0 Å². The van der Waals surface area contributed by atoms with Crippen LogP contribution in [-0.4, -0.2) is 42.9 Å². The largest absolute Gasteiger partial charge is 0.493 e. The first-order chi connectivity index (χ1) is 13.7. The molecule has 146 valence electrons. The molecule has 1 aromatic heterocycles. The standard InChI is InChI=1S/C22H23FN2O3/c1-26-19-4-2-3-15-11-17(27-22(15)19)13-25-9-7-14(8-10-25)21-18-6-5-16(23)12-20(18)28-24-21/h2-6,12,14,17H,7-11,13H2,1H3. The molecule has 0 N–H and O–H groups in total. The van der Waals surface area contributed by atoms with Gasteiger partial charge in [-0.2, -0.15) is 0 Å². The number of nitrogens with zero attached hydrogens (tertiary/aromatic N) is 2. The molecule has 1 atom stereocenters. The molecule has 1 saturated heterocycles. The molecule has 5 rings (SSSR count). The number of methoxy groups -OCH3 is 1. The van der Waals surface area contributed by atoms with Gasteiger partial charge < -0.3 is 14.0 Å². The van der Waals surface area contributed by atoms with Crippen LogP contribution < -0.4 is 9.47 Å². The molecule has 0 spiro atoms. The van der Waals surface area contributed by atoms with Crippen LogP contribution in [0.25, 0.3) is 11.0 Å². The molecule has 2 aliphatic heterocycles. The molecule has 28 heavy (non-hydrogen) atoms. The molecule has 0 saturated carbocycles. The molecule has 0 bridgehead atoms. The zero-order valence-electron chi connectivity index (χ0n) is 15.9. The topological polar surface area (TPSA) is 47.7 Å². The van der Waals surface area contributed by atoms with Gasteiger partial charge in [-0.05, 0) is 44.1 Å². The monoisotopic (exact) mass is 382 g/mol. The number of benzene rings is 2. The molecule has 1 unspecified atom stereocenters. The molecule has 1 fully saturated rings. The lowest BCUT2D eigenvalue weighted by molar-refractivity contribution is 0.125. The van der Waals surface area contributed by atoms with Crippen molar-refractivity contribution in [2.45, 2.75) is 31.3 Å². The van der Waals surface area contributed by atoms with E-state index in [1.807, 2.05) is 12.1 Å². The van der Waals surface area contributed by atoms with Crippen molar-refractivity contribution in [1.29, 1.82) is 0 Å². The predicted octanol–water partition coefficient (Wildman–Crippen LogP) is 4.16. The molecule has 0 aliphatic carbocycles. The van der Waals surface area contributed by atoms with E-state index >= 15 is 0 Å². The average Bonchev–Trinajstić information content (AvgIpc) is 3.31. The van der Waals surface area contributed by atoms with Crippen molar-refractivity contribution < 1.29 is 18.4 Å². The highest BCUT2D eigenvalue weighted by Gasteiger charge is 2.30. The van der Waals surface area contributed by atoms with Crippen LogP contribution in [0, 0.1) is 5.82 Å². The van der Waals surface area contributed by atoms with Crippen molar-refractivity contribution in [2.75, 3.05) is 26.7 Å². The van der Waals surface area contributed by atoms with E-state index in [4.69, 9.17) is 14.0 Å². The maximum atomic E-state index is 13.4. The Balaban J connectivity index is 1.21. The molecule has 2 aliphatic rings. The van der Waals surface area contributed by atoms with Gasteiger partial charge in [0.2, 0.25) is 0 Å². The Hall–Kier alpha value is -2.60. The highest BCUT2D eigenvalue weighted by atomic mass is 19.1. The fourth-order valence-electron chi connectivity index (χ4n) is 4.47. The van der Waals surface area contributed by atoms with Crippen LogP contribution in [0.1, 0.15) is 30.0 Å². The maximum Gasteiger partial charge on any atom is 0.170 e. The fourth-order valence-corrected chi connectivity index (χ4v) is 4.47. The highest BCUT2D eigenvalue weighted by Crippen LogP contribution is 2.38. The zero-order valence-corrected chi connectivity index (χ0v) is 15.9. The quantitative estimate of drug-likeness (QED) is 0.678. The third kappa shape index (κ3) is 3.11. The lowest BCUT2D eigenvalue weighted by Crippen LogP contribution is -2.39. The summed E-state index contributed by atoms with van der Waals surface area (Å²) in [5.74, 6) is 1.77. The van der Waals surface area contributed by atoms with Crippen molar-refractivity contribution in [3.05, 3.63) is 53.5 Å². The van der Waals surface area contributed by atoms with Gasteiger partial charge in [-0.15, -0.1) is 0 Å². The van der Waals surface area contributed by atoms with Gasteiger partial charge in [-0.25, -0.2) is 4.39 Å². The Bertz CT molecular complexity index is 995. The summed E-state index contributed by atoms with van der Waals surface area (Å²) in [5.41, 5.74) is 2.72. The van der Waals surface area contributed by atoms with Crippen molar-refractivity contribution in [3.8, 4) is 11.5 Å². The summed E-state index contributed by atoms with van der Waals surface area (Å²) >= 11 is 0. The fraction of sp³-hybridized carbons (Fsp3) is 0.409. The van der Waals surface area contributed by atoms with Gasteiger partial charge in [0, 0.05) is 35.9 Å². The van der Waals surface area contributed by atoms with E-state index in [1.54, 1.807) is 13.2 Å². The number of piperidine rings is 1. The van der Waals surface area contributed by atoms with E-state index < -0.39 is 0 Å². The smallest absolute Gasteiger partial charge is 0.170 e. The molecule has 3 heterocycles. The Kier molecular flexibility index (Phi) is 4.43. The second-order valence-corrected chi connectivity index (χ2v) is 7.68. The number of ether oxygens (including phenoxy) is 2. The van der Waals surface area contributed by atoms with Crippen LogP contribution in [0.15, 0.2) is 40.9 Å². The molecule has 2 aromatic carbocycles. The molecule has 0 radical (unpaired) electrons. The van der Waals surface area contributed by atoms with E-state index in [9.17, 15) is 4.39 Å². The van der Waals surface area contributed by atoms with Crippen molar-refractivity contribution in [1.82, 2.24) is 10.1 Å². The second-order valence-electron chi connectivity index (χ2n) is 7.68. The highest BCUT2D eigenvalue weighted by molar-refractivity contribution is 5.79. The van der Waals surface area contributed by atoms with E-state index in [-0.39, 0.29) is 11.9 Å². The van der Waals surface area contributed by atoms with Gasteiger partial charge in [-0.1, -0.05) is 17.3 Å². The number of aromatic nitrogens is 1. The minimum Gasteiger partial charge on any atom is -0.493 e. The SMILES string of the molecule is COc1cccc2c1OC(CN1CCC(c3noc4cc(F)ccc34)CC1)C2. The molecular formula is C22H23FN2O3. The summed E-state index contributed by atoms with van der Waals surface area (Å²) in [4.78, 5) is 2.46. The Morgan fingerprint density at radius 2 is 2.07 bits per heavy atom. The number of hydrogen-bond donors (Lipinski definition) is 0. The van der Waals surface area contributed by atoms with Crippen LogP contribution in [0.4, 0.5) is 4.39 Å². The number of likely N-dealkylation sites (tertiary alicyclic amines) is 1. The van der Waals surface area contributed by atoms with E-state index in [1.165, 1.54) is 17.7 Å². The minimum atomic E-state index is -0.292. The number of fused-ring (bicyclic) bond motifs is 2. The summed E-state index contributed by atoms with van der Waals surface area (Å²) in [6.07, 6.45) is 3.12. The van der Waals surface area contributed by atoms with Gasteiger partial charge in [0.15, 0.2) is 17.1 Å². The predicted molar refractivity (Wildman–Crippen MR) is 103 cm³/mol. The lowest BCUT2D eigenvalue weighted by Gasteiger charge is -2.32. The van der Waals surface area contributed by atoms with Crippen LogP contribution in [0.2, 0.25) is 0 Å².